The summed E-state index contributed by atoms with van der Waals surface area (Å²) in [6.45, 7) is 23.3. The van der Waals surface area contributed by atoms with Crippen LogP contribution in [0.3, 0.4) is 0 Å². The molecule has 3 heterocycles. The fourth-order valence-corrected chi connectivity index (χ4v) is 7.42. The standard InChI is InChI=1S/C32H51N3O3.ClH/c1-6-38-30-20-28(34-11-9-33(10-12-34)23-25-7-15-36-16-8-25)27(19-29(30)35-13-17-37-18-14-35)26-21-31(2,3)24-32(4,5)22-26;/h19-21,25H,6-18,22-24H2,1-5H3;1H. The van der Waals surface area contributed by atoms with Crippen molar-refractivity contribution in [3.63, 3.8) is 0 Å². The Labute approximate surface area is 243 Å². The predicted octanol–water partition coefficient (Wildman–Crippen LogP) is 6.12. The van der Waals surface area contributed by atoms with Crippen molar-refractivity contribution in [3.8, 4) is 5.75 Å². The molecule has 7 heteroatoms. The quantitative estimate of drug-likeness (QED) is 0.399. The number of hydrogen-bond donors (Lipinski definition) is 0. The first-order valence-corrected chi connectivity index (χ1v) is 15.1. The second kappa shape index (κ2) is 13.0. The molecule has 4 aliphatic rings. The van der Waals surface area contributed by atoms with Crippen LogP contribution in [0, 0.1) is 16.7 Å². The lowest BCUT2D eigenvalue weighted by atomic mass is 9.65. The van der Waals surface area contributed by atoms with E-state index in [0.717, 1.165) is 83.8 Å². The Kier molecular flexibility index (Phi) is 10.2. The summed E-state index contributed by atoms with van der Waals surface area (Å²) in [6.07, 6.45) is 7.33. The van der Waals surface area contributed by atoms with E-state index in [1.165, 1.54) is 48.3 Å². The summed E-state index contributed by atoms with van der Waals surface area (Å²) < 4.78 is 17.6. The SMILES string of the molecule is CCOc1cc(N2CCN(CC3CCOCC3)CC2)c(C2=CC(C)(C)CC(C)(C)C2)cc1N1CCOCC1.Cl. The number of morpholine rings is 1. The van der Waals surface area contributed by atoms with Crippen molar-refractivity contribution >= 4 is 29.4 Å². The topological polar surface area (TPSA) is 37.4 Å². The Morgan fingerprint density at radius 2 is 1.49 bits per heavy atom. The van der Waals surface area contributed by atoms with Gasteiger partial charge in [-0.3, -0.25) is 4.90 Å². The van der Waals surface area contributed by atoms with E-state index in [1.807, 2.05) is 0 Å². The van der Waals surface area contributed by atoms with E-state index in [0.29, 0.717) is 6.61 Å². The number of benzene rings is 1. The Bertz CT molecular complexity index is 975. The normalized spacial score (nSPS) is 24.2. The van der Waals surface area contributed by atoms with Crippen LogP contribution in [-0.4, -0.2) is 83.7 Å². The maximum absolute atomic E-state index is 6.32. The number of rotatable bonds is 7. The van der Waals surface area contributed by atoms with Crippen molar-refractivity contribution in [1.82, 2.24) is 4.90 Å². The third-order valence-corrected chi connectivity index (χ3v) is 8.81. The van der Waals surface area contributed by atoms with Gasteiger partial charge in [-0.2, -0.15) is 0 Å². The fourth-order valence-electron chi connectivity index (χ4n) is 7.42. The summed E-state index contributed by atoms with van der Waals surface area (Å²) in [4.78, 5) is 7.79. The van der Waals surface area contributed by atoms with Gasteiger partial charge in [0, 0.05) is 76.3 Å². The van der Waals surface area contributed by atoms with Gasteiger partial charge in [0.1, 0.15) is 5.75 Å². The van der Waals surface area contributed by atoms with Gasteiger partial charge in [-0.15, -0.1) is 12.4 Å². The number of allylic oxidation sites excluding steroid dienone is 2. The predicted molar refractivity (Wildman–Crippen MR) is 165 cm³/mol. The van der Waals surface area contributed by atoms with Crippen LogP contribution >= 0.6 is 12.4 Å². The van der Waals surface area contributed by atoms with Gasteiger partial charge >= 0.3 is 0 Å². The molecule has 0 amide bonds. The largest absolute Gasteiger partial charge is 0.492 e. The third-order valence-electron chi connectivity index (χ3n) is 8.81. The molecule has 0 bridgehead atoms. The molecule has 5 rings (SSSR count). The molecule has 6 nitrogen and oxygen atoms in total. The van der Waals surface area contributed by atoms with E-state index < -0.39 is 0 Å². The highest BCUT2D eigenvalue weighted by atomic mass is 35.5. The molecule has 3 fully saturated rings. The molecule has 0 saturated carbocycles. The van der Waals surface area contributed by atoms with Crippen molar-refractivity contribution in [1.29, 1.82) is 0 Å². The summed E-state index contributed by atoms with van der Waals surface area (Å²) in [5, 5.41) is 0. The van der Waals surface area contributed by atoms with Gasteiger partial charge < -0.3 is 24.0 Å². The van der Waals surface area contributed by atoms with E-state index in [4.69, 9.17) is 14.2 Å². The van der Waals surface area contributed by atoms with Gasteiger partial charge in [0.05, 0.1) is 25.5 Å². The van der Waals surface area contributed by atoms with Crippen LogP contribution in [0.1, 0.15) is 65.9 Å². The molecule has 1 aromatic carbocycles. The molecule has 3 saturated heterocycles. The summed E-state index contributed by atoms with van der Waals surface area (Å²) >= 11 is 0. The molecule has 1 aromatic rings. The number of halogens is 1. The first kappa shape index (κ1) is 30.5. The average molecular weight is 562 g/mol. The van der Waals surface area contributed by atoms with Crippen molar-refractivity contribution in [3.05, 3.63) is 23.8 Å². The smallest absolute Gasteiger partial charge is 0.144 e. The van der Waals surface area contributed by atoms with E-state index in [-0.39, 0.29) is 23.2 Å². The molecule has 220 valence electrons. The van der Waals surface area contributed by atoms with Crippen LogP contribution in [-0.2, 0) is 9.47 Å². The van der Waals surface area contributed by atoms with Gasteiger partial charge in [-0.1, -0.05) is 33.8 Å². The molecule has 0 spiro atoms. The van der Waals surface area contributed by atoms with Gasteiger partial charge in [0.15, 0.2) is 0 Å². The molecular weight excluding hydrogens is 510 g/mol. The van der Waals surface area contributed by atoms with Crippen molar-refractivity contribution in [2.24, 2.45) is 16.7 Å². The second-order valence-electron chi connectivity index (χ2n) is 13.4. The van der Waals surface area contributed by atoms with E-state index in [9.17, 15) is 0 Å². The van der Waals surface area contributed by atoms with Gasteiger partial charge in [-0.25, -0.2) is 0 Å². The average Bonchev–Trinajstić information content (AvgIpc) is 2.88. The number of anilines is 2. The third kappa shape index (κ3) is 7.63. The van der Waals surface area contributed by atoms with Gasteiger partial charge in [0.25, 0.3) is 0 Å². The number of piperazine rings is 1. The first-order chi connectivity index (χ1) is 18.2. The minimum atomic E-state index is 0. The summed E-state index contributed by atoms with van der Waals surface area (Å²) in [5.41, 5.74) is 5.97. The van der Waals surface area contributed by atoms with E-state index in [1.54, 1.807) is 0 Å². The highest BCUT2D eigenvalue weighted by Gasteiger charge is 2.35. The maximum atomic E-state index is 6.32. The zero-order chi connectivity index (χ0) is 26.8. The molecule has 0 radical (unpaired) electrons. The number of hydrogen-bond acceptors (Lipinski definition) is 6. The van der Waals surface area contributed by atoms with Crippen LogP contribution in [0.2, 0.25) is 0 Å². The second-order valence-corrected chi connectivity index (χ2v) is 13.4. The van der Waals surface area contributed by atoms with Crippen LogP contribution in [0.5, 0.6) is 5.75 Å². The van der Waals surface area contributed by atoms with Crippen LogP contribution in [0.25, 0.3) is 5.57 Å². The molecule has 1 aliphatic carbocycles. The summed E-state index contributed by atoms with van der Waals surface area (Å²) in [5.74, 6) is 1.81. The molecular formula is C32H52ClN3O3. The monoisotopic (exact) mass is 561 g/mol. The lowest BCUT2D eigenvalue weighted by molar-refractivity contribution is 0.0517. The Balaban J connectivity index is 0.00000353. The maximum Gasteiger partial charge on any atom is 0.144 e. The molecule has 0 unspecified atom stereocenters. The first-order valence-electron chi connectivity index (χ1n) is 15.1. The number of nitrogens with zero attached hydrogens (tertiary/aromatic N) is 3. The fraction of sp³-hybridized carbons (Fsp3) is 0.750. The lowest BCUT2D eigenvalue weighted by Crippen LogP contribution is -2.48. The zero-order valence-electron chi connectivity index (χ0n) is 25.1. The zero-order valence-corrected chi connectivity index (χ0v) is 25.9. The molecule has 0 N–H and O–H groups in total. The van der Waals surface area contributed by atoms with Crippen LogP contribution < -0.4 is 14.5 Å². The highest BCUT2D eigenvalue weighted by molar-refractivity contribution is 5.85. The van der Waals surface area contributed by atoms with Gasteiger partial charge in [0.2, 0.25) is 0 Å². The summed E-state index contributed by atoms with van der Waals surface area (Å²) in [6, 6.07) is 4.83. The van der Waals surface area contributed by atoms with Crippen LogP contribution in [0.15, 0.2) is 18.2 Å². The van der Waals surface area contributed by atoms with Crippen LogP contribution in [0.4, 0.5) is 11.4 Å². The molecule has 0 aromatic heterocycles. The molecule has 0 atom stereocenters. The van der Waals surface area contributed by atoms with Crippen molar-refractivity contribution in [2.75, 3.05) is 88.6 Å². The lowest BCUT2D eigenvalue weighted by Gasteiger charge is -2.42. The highest BCUT2D eigenvalue weighted by Crippen LogP contribution is 2.50. The molecule has 39 heavy (non-hydrogen) atoms. The van der Waals surface area contributed by atoms with E-state index >= 15 is 0 Å². The minimum Gasteiger partial charge on any atom is -0.492 e. The van der Waals surface area contributed by atoms with Crippen molar-refractivity contribution in [2.45, 2.75) is 60.3 Å². The molecule has 3 aliphatic heterocycles. The van der Waals surface area contributed by atoms with E-state index in [2.05, 4.69) is 67.5 Å². The van der Waals surface area contributed by atoms with Crippen molar-refractivity contribution < 1.29 is 14.2 Å². The minimum absolute atomic E-state index is 0. The Morgan fingerprint density at radius 3 is 2.13 bits per heavy atom. The Morgan fingerprint density at radius 1 is 0.846 bits per heavy atom. The number of ether oxygens (including phenoxy) is 3. The van der Waals surface area contributed by atoms with Gasteiger partial charge in [-0.05, 0) is 61.0 Å². The Hall–Kier alpha value is -1.47. The summed E-state index contributed by atoms with van der Waals surface area (Å²) in [7, 11) is 0.